The molecule has 12 heteroatoms. The number of piperazine rings is 1. The Kier molecular flexibility index (Phi) is 7.75. The maximum atomic E-state index is 12.8. The summed E-state index contributed by atoms with van der Waals surface area (Å²) in [6, 6.07) is 10.2. The average molecular weight is 490 g/mol. The third-order valence-electron chi connectivity index (χ3n) is 4.87. The van der Waals surface area contributed by atoms with Crippen molar-refractivity contribution in [3.63, 3.8) is 0 Å². The molecule has 3 rings (SSSR count). The van der Waals surface area contributed by atoms with E-state index < -0.39 is 16.6 Å². The zero-order valence-electron chi connectivity index (χ0n) is 17.1. The first kappa shape index (κ1) is 24.0. The van der Waals surface area contributed by atoms with E-state index >= 15 is 0 Å². The fourth-order valence-electron chi connectivity index (χ4n) is 3.23. The Balaban J connectivity index is 1.55. The van der Waals surface area contributed by atoms with Crippen LogP contribution in [0.15, 0.2) is 47.4 Å². The molecule has 1 heterocycles. The number of halogens is 3. The zero-order valence-corrected chi connectivity index (χ0v) is 18.7. The summed E-state index contributed by atoms with van der Waals surface area (Å²) in [6.07, 6.45) is 0. The molecule has 1 aliphatic rings. The van der Waals surface area contributed by atoms with Gasteiger partial charge in [-0.25, -0.2) is 13.2 Å². The van der Waals surface area contributed by atoms with Crippen molar-refractivity contribution in [1.29, 1.82) is 0 Å². The van der Waals surface area contributed by atoms with Gasteiger partial charge in [0.15, 0.2) is 11.5 Å². The number of benzene rings is 2. The molecule has 1 fully saturated rings. The molecule has 32 heavy (non-hydrogen) atoms. The lowest BCUT2D eigenvalue weighted by atomic mass is 10.2. The van der Waals surface area contributed by atoms with E-state index in [1.54, 1.807) is 12.1 Å². The predicted molar refractivity (Wildman–Crippen MR) is 114 cm³/mol. The number of alkyl halides is 2. The van der Waals surface area contributed by atoms with Gasteiger partial charge in [0.1, 0.15) is 4.90 Å². The molecule has 0 atom stereocenters. The Morgan fingerprint density at radius 3 is 2.44 bits per heavy atom. The van der Waals surface area contributed by atoms with Crippen LogP contribution < -0.4 is 14.8 Å². The average Bonchev–Trinajstić information content (AvgIpc) is 2.78. The summed E-state index contributed by atoms with van der Waals surface area (Å²) in [5.41, 5.74) is 0.622. The molecule has 0 radical (unpaired) electrons. The zero-order chi connectivity index (χ0) is 23.3. The molecule has 2 aromatic carbocycles. The standard InChI is InChI=1S/C20H22ClF2N3O5S/c1-30-17-12-14(6-7-16(17)31-19(22)23)13-24-20(27)25-8-10-26(11-9-25)32(28,29)18-5-3-2-4-15(18)21/h2-7,12,19H,8-11,13H2,1H3,(H,24,27). The van der Waals surface area contributed by atoms with Crippen molar-refractivity contribution in [3.8, 4) is 11.5 Å². The summed E-state index contributed by atoms with van der Waals surface area (Å²) in [7, 11) is -2.43. The fraction of sp³-hybridized carbons (Fsp3) is 0.350. The van der Waals surface area contributed by atoms with Gasteiger partial charge in [-0.05, 0) is 29.8 Å². The fourth-order valence-corrected chi connectivity index (χ4v) is 5.14. The molecule has 1 N–H and O–H groups in total. The lowest BCUT2D eigenvalue weighted by Crippen LogP contribution is -2.53. The summed E-state index contributed by atoms with van der Waals surface area (Å²) >= 11 is 6.03. The largest absolute Gasteiger partial charge is 0.493 e. The van der Waals surface area contributed by atoms with Crippen molar-refractivity contribution >= 4 is 27.7 Å². The van der Waals surface area contributed by atoms with Gasteiger partial charge in [0.05, 0.1) is 12.1 Å². The lowest BCUT2D eigenvalue weighted by Gasteiger charge is -2.34. The van der Waals surface area contributed by atoms with E-state index in [1.807, 2.05) is 0 Å². The number of ether oxygens (including phenoxy) is 2. The van der Waals surface area contributed by atoms with Crippen LogP contribution in [0.3, 0.4) is 0 Å². The van der Waals surface area contributed by atoms with E-state index in [0.29, 0.717) is 5.56 Å². The van der Waals surface area contributed by atoms with E-state index in [2.05, 4.69) is 10.1 Å². The van der Waals surface area contributed by atoms with E-state index in [4.69, 9.17) is 16.3 Å². The highest BCUT2D eigenvalue weighted by atomic mass is 35.5. The van der Waals surface area contributed by atoms with Gasteiger partial charge in [-0.15, -0.1) is 0 Å². The third kappa shape index (κ3) is 5.59. The predicted octanol–water partition coefficient (Wildman–Crippen LogP) is 3.17. The number of methoxy groups -OCH3 is 1. The number of nitrogens with one attached hydrogen (secondary N) is 1. The molecule has 0 spiro atoms. The van der Waals surface area contributed by atoms with Gasteiger partial charge in [0.2, 0.25) is 10.0 Å². The van der Waals surface area contributed by atoms with Crippen LogP contribution in [0.4, 0.5) is 13.6 Å². The lowest BCUT2D eigenvalue weighted by molar-refractivity contribution is -0.0512. The molecule has 2 amide bonds. The normalized spacial score (nSPS) is 15.0. The number of urea groups is 1. The number of rotatable bonds is 7. The van der Waals surface area contributed by atoms with Crippen LogP contribution in [0.2, 0.25) is 5.02 Å². The van der Waals surface area contributed by atoms with Crippen LogP contribution in [0.25, 0.3) is 0 Å². The van der Waals surface area contributed by atoms with E-state index in [-0.39, 0.29) is 60.2 Å². The number of amides is 2. The second-order valence-electron chi connectivity index (χ2n) is 6.84. The van der Waals surface area contributed by atoms with Crippen LogP contribution in [-0.4, -0.2) is 63.6 Å². The molecular weight excluding hydrogens is 468 g/mol. The van der Waals surface area contributed by atoms with Gasteiger partial charge in [0.25, 0.3) is 0 Å². The first-order valence-corrected chi connectivity index (χ1v) is 11.4. The molecule has 0 aliphatic carbocycles. The Labute approximate surface area is 189 Å². The monoisotopic (exact) mass is 489 g/mol. The Morgan fingerprint density at radius 1 is 1.12 bits per heavy atom. The number of hydrogen-bond donors (Lipinski definition) is 1. The van der Waals surface area contributed by atoms with Gasteiger partial charge in [-0.1, -0.05) is 29.8 Å². The topological polar surface area (TPSA) is 88.2 Å². The summed E-state index contributed by atoms with van der Waals surface area (Å²) in [5.74, 6) is 0.0175. The third-order valence-corrected chi connectivity index (χ3v) is 7.27. The number of carbonyl (C=O) groups is 1. The molecule has 8 nitrogen and oxygen atoms in total. The minimum atomic E-state index is -3.75. The Morgan fingerprint density at radius 2 is 1.81 bits per heavy atom. The SMILES string of the molecule is COc1cc(CNC(=O)N2CCN(S(=O)(=O)c3ccccc3Cl)CC2)ccc1OC(F)F. The molecule has 0 unspecified atom stereocenters. The maximum absolute atomic E-state index is 12.8. The minimum absolute atomic E-state index is 0.0350. The van der Waals surface area contributed by atoms with Crippen LogP contribution in [0, 0.1) is 0 Å². The van der Waals surface area contributed by atoms with Crippen molar-refractivity contribution in [3.05, 3.63) is 53.1 Å². The van der Waals surface area contributed by atoms with Gasteiger partial charge in [-0.3, -0.25) is 0 Å². The quantitative estimate of drug-likeness (QED) is 0.645. The van der Waals surface area contributed by atoms with Crippen molar-refractivity contribution in [2.75, 3.05) is 33.3 Å². The van der Waals surface area contributed by atoms with Gasteiger partial charge < -0.3 is 19.7 Å². The smallest absolute Gasteiger partial charge is 0.387 e. The Bertz CT molecular complexity index is 1060. The van der Waals surface area contributed by atoms with Crippen LogP contribution in [0.1, 0.15) is 5.56 Å². The van der Waals surface area contributed by atoms with Crippen LogP contribution in [-0.2, 0) is 16.6 Å². The molecule has 174 valence electrons. The summed E-state index contributed by atoms with van der Waals surface area (Å²) in [5, 5.41) is 2.87. The van der Waals surface area contributed by atoms with Crippen molar-refractivity contribution < 1.29 is 31.5 Å². The molecule has 0 bridgehead atoms. The van der Waals surface area contributed by atoms with Gasteiger partial charge >= 0.3 is 12.6 Å². The Hall–Kier alpha value is -2.63. The van der Waals surface area contributed by atoms with Crippen LogP contribution >= 0.6 is 11.6 Å². The molecule has 1 saturated heterocycles. The molecule has 2 aromatic rings. The highest BCUT2D eigenvalue weighted by Gasteiger charge is 2.31. The van der Waals surface area contributed by atoms with Crippen molar-refractivity contribution in [1.82, 2.24) is 14.5 Å². The van der Waals surface area contributed by atoms with Crippen molar-refractivity contribution in [2.24, 2.45) is 0 Å². The highest BCUT2D eigenvalue weighted by molar-refractivity contribution is 7.89. The highest BCUT2D eigenvalue weighted by Crippen LogP contribution is 2.29. The summed E-state index contributed by atoms with van der Waals surface area (Å²) in [4.78, 5) is 14.0. The van der Waals surface area contributed by atoms with E-state index in [1.165, 1.54) is 46.6 Å². The van der Waals surface area contributed by atoms with E-state index in [0.717, 1.165) is 0 Å². The molecular formula is C20H22ClF2N3O5S. The van der Waals surface area contributed by atoms with Crippen LogP contribution in [0.5, 0.6) is 11.5 Å². The minimum Gasteiger partial charge on any atom is -0.493 e. The van der Waals surface area contributed by atoms with Crippen molar-refractivity contribution in [2.45, 2.75) is 18.1 Å². The number of sulfonamides is 1. The van der Waals surface area contributed by atoms with Gasteiger partial charge in [0, 0.05) is 32.7 Å². The number of nitrogens with zero attached hydrogens (tertiary/aromatic N) is 2. The summed E-state index contributed by atoms with van der Waals surface area (Å²) in [6.45, 7) is -2.17. The van der Waals surface area contributed by atoms with E-state index in [9.17, 15) is 22.0 Å². The summed E-state index contributed by atoms with van der Waals surface area (Å²) < 4.78 is 61.2. The second kappa shape index (κ2) is 10.3. The molecule has 1 aliphatic heterocycles. The number of hydrogen-bond acceptors (Lipinski definition) is 5. The maximum Gasteiger partial charge on any atom is 0.387 e. The number of carbonyl (C=O) groups excluding carboxylic acids is 1. The second-order valence-corrected chi connectivity index (χ2v) is 9.16. The molecule has 0 aromatic heterocycles. The molecule has 0 saturated carbocycles. The first-order valence-electron chi connectivity index (χ1n) is 9.61. The van der Waals surface area contributed by atoms with Gasteiger partial charge in [-0.2, -0.15) is 13.1 Å². The first-order chi connectivity index (χ1) is 15.2.